The molecule has 1 aromatic carbocycles. The Hall–Kier alpha value is -2.17. The highest BCUT2D eigenvalue weighted by Crippen LogP contribution is 2.11. The van der Waals surface area contributed by atoms with Crippen molar-refractivity contribution in [3.8, 4) is 5.69 Å². The van der Waals surface area contributed by atoms with Crippen LogP contribution in [0.5, 0.6) is 0 Å². The Balaban J connectivity index is 2.01. The van der Waals surface area contributed by atoms with Crippen molar-refractivity contribution in [1.29, 1.82) is 0 Å². The predicted octanol–water partition coefficient (Wildman–Crippen LogP) is 3.25. The molecular weight excluding hydrogens is 262 g/mol. The molecule has 20 heavy (non-hydrogen) atoms. The molecule has 0 bridgehead atoms. The number of halogens is 2. The minimum absolute atomic E-state index is 0.336. The number of nitrogens with one attached hydrogen (secondary N) is 1. The zero-order valence-corrected chi connectivity index (χ0v) is 11.1. The molecule has 1 N–H and O–H groups in total. The van der Waals surface area contributed by atoms with E-state index in [4.69, 9.17) is 0 Å². The Kier molecular flexibility index (Phi) is 4.50. The first-order valence-corrected chi connectivity index (χ1v) is 6.38. The van der Waals surface area contributed by atoms with Gasteiger partial charge in [0, 0.05) is 36.1 Å². The van der Waals surface area contributed by atoms with Gasteiger partial charge in [-0.05, 0) is 43.3 Å². The molecule has 0 aliphatic rings. The van der Waals surface area contributed by atoms with Crippen LogP contribution in [0.2, 0.25) is 0 Å². The van der Waals surface area contributed by atoms with E-state index in [0.717, 1.165) is 5.69 Å². The summed E-state index contributed by atoms with van der Waals surface area (Å²) in [5.74, 6) is -0.336. The molecular formula is C15H16F2N2O. The molecule has 1 amide bonds. The molecule has 5 heteroatoms. The normalized spacial score (nSPS) is 12.4. The lowest BCUT2D eigenvalue weighted by Gasteiger charge is -2.13. The summed E-state index contributed by atoms with van der Waals surface area (Å²) in [5.41, 5.74) is 1.40. The highest BCUT2D eigenvalue weighted by Gasteiger charge is 2.14. The number of carbonyl (C=O) groups excluding carboxylic acids is 1. The molecule has 0 fully saturated rings. The fourth-order valence-electron chi connectivity index (χ4n) is 1.92. The van der Waals surface area contributed by atoms with Gasteiger partial charge in [0.15, 0.2) is 0 Å². The maximum atomic E-state index is 12.2. The fourth-order valence-corrected chi connectivity index (χ4v) is 1.92. The lowest BCUT2D eigenvalue weighted by molar-refractivity contribution is 0.0897. The lowest BCUT2D eigenvalue weighted by Crippen LogP contribution is -2.33. The van der Waals surface area contributed by atoms with E-state index in [0.29, 0.717) is 5.56 Å². The Morgan fingerprint density at radius 2 is 1.80 bits per heavy atom. The minimum atomic E-state index is -2.42. The van der Waals surface area contributed by atoms with E-state index in [9.17, 15) is 13.6 Å². The fraction of sp³-hybridized carbons (Fsp3) is 0.267. The van der Waals surface area contributed by atoms with Crippen LogP contribution in [-0.4, -0.2) is 22.9 Å². The van der Waals surface area contributed by atoms with Gasteiger partial charge in [0.1, 0.15) is 0 Å². The van der Waals surface area contributed by atoms with Gasteiger partial charge in [-0.25, -0.2) is 8.78 Å². The SMILES string of the molecule is CC(CC(F)F)NC(=O)c1ccc(-n2cccc2)cc1. The number of hydrogen-bond donors (Lipinski definition) is 1. The monoisotopic (exact) mass is 278 g/mol. The summed E-state index contributed by atoms with van der Waals surface area (Å²) in [6.45, 7) is 1.57. The van der Waals surface area contributed by atoms with E-state index < -0.39 is 12.5 Å². The molecule has 1 heterocycles. The van der Waals surface area contributed by atoms with Gasteiger partial charge >= 0.3 is 0 Å². The summed E-state index contributed by atoms with van der Waals surface area (Å²) >= 11 is 0. The molecule has 0 spiro atoms. The van der Waals surface area contributed by atoms with Crippen molar-refractivity contribution in [2.24, 2.45) is 0 Å². The van der Waals surface area contributed by atoms with Gasteiger partial charge in [0.2, 0.25) is 6.43 Å². The van der Waals surface area contributed by atoms with Crippen LogP contribution in [0.1, 0.15) is 23.7 Å². The maximum absolute atomic E-state index is 12.2. The standard InChI is InChI=1S/C15H16F2N2O/c1-11(10-14(16)17)18-15(20)12-4-6-13(7-5-12)19-8-2-3-9-19/h2-9,11,14H,10H2,1H3,(H,18,20). The molecule has 2 aromatic rings. The zero-order chi connectivity index (χ0) is 14.5. The molecule has 0 saturated heterocycles. The summed E-state index contributed by atoms with van der Waals surface area (Å²) in [6.07, 6.45) is 1.05. The molecule has 0 radical (unpaired) electrons. The quantitative estimate of drug-likeness (QED) is 0.895. The Labute approximate surface area is 116 Å². The van der Waals surface area contributed by atoms with E-state index in [-0.39, 0.29) is 12.3 Å². The topological polar surface area (TPSA) is 34.0 Å². The van der Waals surface area contributed by atoms with E-state index in [1.807, 2.05) is 41.2 Å². The Morgan fingerprint density at radius 1 is 1.20 bits per heavy atom. The first kappa shape index (κ1) is 14.2. The van der Waals surface area contributed by atoms with Crippen LogP contribution >= 0.6 is 0 Å². The number of benzene rings is 1. The lowest BCUT2D eigenvalue weighted by atomic mass is 10.1. The van der Waals surface area contributed by atoms with Crippen LogP contribution in [0.15, 0.2) is 48.8 Å². The molecule has 0 saturated carbocycles. The second-order valence-corrected chi connectivity index (χ2v) is 4.64. The van der Waals surface area contributed by atoms with Crippen LogP contribution in [0.25, 0.3) is 5.69 Å². The maximum Gasteiger partial charge on any atom is 0.251 e. The van der Waals surface area contributed by atoms with Gasteiger partial charge in [-0.15, -0.1) is 0 Å². The van der Waals surface area contributed by atoms with Crippen LogP contribution in [0.3, 0.4) is 0 Å². The number of rotatable bonds is 5. The van der Waals surface area contributed by atoms with E-state index in [2.05, 4.69) is 5.32 Å². The number of aromatic nitrogens is 1. The largest absolute Gasteiger partial charge is 0.349 e. The number of nitrogens with zero attached hydrogens (tertiary/aromatic N) is 1. The first-order chi connectivity index (χ1) is 9.56. The van der Waals surface area contributed by atoms with Crippen molar-refractivity contribution >= 4 is 5.91 Å². The van der Waals surface area contributed by atoms with Crippen molar-refractivity contribution in [3.63, 3.8) is 0 Å². The van der Waals surface area contributed by atoms with E-state index in [1.165, 1.54) is 0 Å². The third kappa shape index (κ3) is 3.66. The summed E-state index contributed by atoms with van der Waals surface area (Å²) in [5, 5.41) is 2.56. The number of carbonyl (C=O) groups is 1. The molecule has 2 rings (SSSR count). The van der Waals surface area contributed by atoms with Gasteiger partial charge in [-0.2, -0.15) is 0 Å². The van der Waals surface area contributed by atoms with Crippen LogP contribution < -0.4 is 5.32 Å². The van der Waals surface area contributed by atoms with Gasteiger partial charge in [0.25, 0.3) is 5.91 Å². The van der Waals surface area contributed by atoms with Crippen LogP contribution in [0.4, 0.5) is 8.78 Å². The smallest absolute Gasteiger partial charge is 0.251 e. The average Bonchev–Trinajstić information content (AvgIpc) is 2.91. The summed E-state index contributed by atoms with van der Waals surface area (Å²) in [6, 6.07) is 10.3. The predicted molar refractivity (Wildman–Crippen MR) is 73.3 cm³/mol. The molecule has 0 aliphatic carbocycles. The average molecular weight is 278 g/mol. The first-order valence-electron chi connectivity index (χ1n) is 6.38. The van der Waals surface area contributed by atoms with Crippen molar-refractivity contribution in [3.05, 3.63) is 54.4 Å². The zero-order valence-electron chi connectivity index (χ0n) is 11.1. The highest BCUT2D eigenvalue weighted by atomic mass is 19.3. The molecule has 1 unspecified atom stereocenters. The number of amides is 1. The van der Waals surface area contributed by atoms with Gasteiger partial charge < -0.3 is 9.88 Å². The van der Waals surface area contributed by atoms with Gasteiger partial charge in [-0.3, -0.25) is 4.79 Å². The Bertz CT molecular complexity index is 550. The van der Waals surface area contributed by atoms with E-state index >= 15 is 0 Å². The summed E-state index contributed by atoms with van der Waals surface area (Å²) < 4.78 is 26.3. The molecule has 1 atom stereocenters. The number of hydrogen-bond acceptors (Lipinski definition) is 1. The second-order valence-electron chi connectivity index (χ2n) is 4.64. The third-order valence-electron chi connectivity index (χ3n) is 2.94. The van der Waals surface area contributed by atoms with Gasteiger partial charge in [0.05, 0.1) is 0 Å². The molecule has 0 aliphatic heterocycles. The Morgan fingerprint density at radius 3 is 2.35 bits per heavy atom. The minimum Gasteiger partial charge on any atom is -0.349 e. The second kappa shape index (κ2) is 6.32. The van der Waals surface area contributed by atoms with Crippen molar-refractivity contribution in [1.82, 2.24) is 9.88 Å². The third-order valence-corrected chi connectivity index (χ3v) is 2.94. The molecule has 3 nitrogen and oxygen atoms in total. The van der Waals surface area contributed by atoms with E-state index in [1.54, 1.807) is 19.1 Å². The van der Waals surface area contributed by atoms with Crippen LogP contribution in [-0.2, 0) is 0 Å². The van der Waals surface area contributed by atoms with Gasteiger partial charge in [-0.1, -0.05) is 0 Å². The van der Waals surface area contributed by atoms with Crippen molar-refractivity contribution < 1.29 is 13.6 Å². The van der Waals surface area contributed by atoms with Crippen molar-refractivity contribution in [2.45, 2.75) is 25.8 Å². The highest BCUT2D eigenvalue weighted by molar-refractivity contribution is 5.94. The van der Waals surface area contributed by atoms with Crippen molar-refractivity contribution in [2.75, 3.05) is 0 Å². The van der Waals surface area contributed by atoms with Crippen LogP contribution in [0, 0.1) is 0 Å². The molecule has 106 valence electrons. The number of alkyl halides is 2. The molecule has 1 aromatic heterocycles. The summed E-state index contributed by atoms with van der Waals surface area (Å²) in [4.78, 5) is 11.9. The summed E-state index contributed by atoms with van der Waals surface area (Å²) in [7, 11) is 0.